The maximum Gasteiger partial charge on any atom is 0.225 e. The van der Waals surface area contributed by atoms with Crippen molar-refractivity contribution in [3.63, 3.8) is 0 Å². The van der Waals surface area contributed by atoms with Crippen molar-refractivity contribution < 1.29 is 9.53 Å². The number of carbonyl (C=O) groups is 1. The fourth-order valence-electron chi connectivity index (χ4n) is 2.42. The van der Waals surface area contributed by atoms with Gasteiger partial charge in [0.2, 0.25) is 5.91 Å². The van der Waals surface area contributed by atoms with Crippen LogP contribution >= 0.6 is 11.8 Å². The van der Waals surface area contributed by atoms with Crippen molar-refractivity contribution in [1.29, 1.82) is 0 Å². The molecule has 1 aromatic carbocycles. The average Bonchev–Trinajstić information content (AvgIpc) is 2.52. The van der Waals surface area contributed by atoms with E-state index < -0.39 is 0 Å². The van der Waals surface area contributed by atoms with Crippen molar-refractivity contribution in [3.8, 4) is 5.75 Å². The second kappa shape index (κ2) is 9.80. The Hall–Kier alpha value is -1.24. The molecule has 0 aliphatic carbocycles. The minimum atomic E-state index is 0.0507. The summed E-state index contributed by atoms with van der Waals surface area (Å²) in [6.45, 7) is 2.67. The third-order valence-corrected chi connectivity index (χ3v) is 4.70. The molecule has 6 heteroatoms. The number of thioether (sulfide) groups is 1. The molecule has 23 heavy (non-hydrogen) atoms. The molecule has 1 aromatic rings. The number of hydrogen-bond acceptors (Lipinski definition) is 5. The molecule has 1 saturated heterocycles. The summed E-state index contributed by atoms with van der Waals surface area (Å²) in [6, 6.07) is 7.89. The van der Waals surface area contributed by atoms with Gasteiger partial charge in [0, 0.05) is 48.8 Å². The fraction of sp³-hybridized carbons (Fsp3) is 0.588. The van der Waals surface area contributed by atoms with Crippen LogP contribution in [0.5, 0.6) is 5.75 Å². The molecule has 2 rings (SSSR count). The van der Waals surface area contributed by atoms with Crippen LogP contribution in [-0.2, 0) is 4.79 Å². The number of ether oxygens (including phenoxy) is 1. The molecule has 1 unspecified atom stereocenters. The van der Waals surface area contributed by atoms with Gasteiger partial charge in [-0.25, -0.2) is 0 Å². The molecule has 0 radical (unpaired) electrons. The monoisotopic (exact) mass is 337 g/mol. The van der Waals surface area contributed by atoms with Crippen LogP contribution in [0.15, 0.2) is 24.3 Å². The molecule has 1 fully saturated rings. The van der Waals surface area contributed by atoms with Gasteiger partial charge in [-0.3, -0.25) is 4.79 Å². The number of benzene rings is 1. The van der Waals surface area contributed by atoms with Crippen LogP contribution in [0, 0.1) is 0 Å². The second-order valence-corrected chi connectivity index (χ2v) is 7.16. The molecular weight excluding hydrogens is 310 g/mol. The number of rotatable bonds is 8. The van der Waals surface area contributed by atoms with Gasteiger partial charge in [0.1, 0.15) is 5.75 Å². The summed E-state index contributed by atoms with van der Waals surface area (Å²) in [4.78, 5) is 14.3. The van der Waals surface area contributed by atoms with E-state index in [4.69, 9.17) is 4.74 Å². The topological polar surface area (TPSA) is 53.6 Å². The number of anilines is 1. The highest BCUT2D eigenvalue weighted by atomic mass is 32.2. The molecule has 0 spiro atoms. The third-order valence-electron chi connectivity index (χ3n) is 3.57. The molecule has 5 nitrogen and oxygen atoms in total. The molecule has 2 N–H and O–H groups in total. The number of hydrogen-bond donors (Lipinski definition) is 2. The van der Waals surface area contributed by atoms with Gasteiger partial charge in [-0.1, -0.05) is 6.07 Å². The third kappa shape index (κ3) is 7.24. The highest BCUT2D eigenvalue weighted by Crippen LogP contribution is 2.18. The first-order chi connectivity index (χ1) is 11.1. The predicted molar refractivity (Wildman–Crippen MR) is 97.5 cm³/mol. The summed E-state index contributed by atoms with van der Waals surface area (Å²) >= 11 is 1.90. The van der Waals surface area contributed by atoms with Crippen molar-refractivity contribution in [3.05, 3.63) is 24.3 Å². The molecule has 128 valence electrons. The molecule has 1 aliphatic heterocycles. The molecular formula is C17H27N3O2S. The number of amides is 1. The maximum absolute atomic E-state index is 12.1. The average molecular weight is 337 g/mol. The summed E-state index contributed by atoms with van der Waals surface area (Å²) < 4.78 is 5.73. The zero-order chi connectivity index (χ0) is 16.5. The zero-order valence-electron chi connectivity index (χ0n) is 14.0. The highest BCUT2D eigenvalue weighted by molar-refractivity contribution is 7.99. The standard InChI is InChI=1S/C17H27N3O2S/c1-20(2)8-4-9-22-16-6-3-5-14(11-16)19-17(21)12-15-13-23-10-7-18-15/h3,5-6,11,15,18H,4,7-10,12-13H2,1-2H3,(H,19,21). The summed E-state index contributed by atoms with van der Waals surface area (Å²) in [5.41, 5.74) is 0.795. The molecule has 1 heterocycles. The van der Waals surface area contributed by atoms with Gasteiger partial charge in [0.15, 0.2) is 0 Å². The van der Waals surface area contributed by atoms with Gasteiger partial charge < -0.3 is 20.3 Å². The Labute approximate surface area is 143 Å². The minimum absolute atomic E-state index is 0.0507. The minimum Gasteiger partial charge on any atom is -0.493 e. The van der Waals surface area contributed by atoms with Crippen LogP contribution in [0.3, 0.4) is 0 Å². The van der Waals surface area contributed by atoms with E-state index in [9.17, 15) is 4.79 Å². The largest absolute Gasteiger partial charge is 0.493 e. The summed E-state index contributed by atoms with van der Waals surface area (Å²) in [7, 11) is 4.10. The van der Waals surface area contributed by atoms with E-state index in [1.54, 1.807) is 0 Å². The SMILES string of the molecule is CN(C)CCCOc1cccc(NC(=O)CC2CSCCN2)c1. The van der Waals surface area contributed by atoms with Crippen LogP contribution in [0.4, 0.5) is 5.69 Å². The van der Waals surface area contributed by atoms with Gasteiger partial charge in [0.05, 0.1) is 6.61 Å². The van der Waals surface area contributed by atoms with Gasteiger partial charge in [-0.15, -0.1) is 0 Å². The van der Waals surface area contributed by atoms with Crippen LogP contribution < -0.4 is 15.4 Å². The van der Waals surface area contributed by atoms with Gasteiger partial charge in [0.25, 0.3) is 0 Å². The van der Waals surface area contributed by atoms with E-state index in [1.165, 1.54) is 0 Å². The van der Waals surface area contributed by atoms with Gasteiger partial charge in [-0.2, -0.15) is 11.8 Å². The van der Waals surface area contributed by atoms with Gasteiger partial charge in [-0.05, 0) is 32.6 Å². The van der Waals surface area contributed by atoms with E-state index >= 15 is 0 Å². The number of carbonyl (C=O) groups excluding carboxylic acids is 1. The van der Waals surface area contributed by atoms with E-state index in [2.05, 4.69) is 29.6 Å². The van der Waals surface area contributed by atoms with E-state index in [0.717, 1.165) is 42.5 Å². The lowest BCUT2D eigenvalue weighted by atomic mass is 10.2. The molecule has 1 aliphatic rings. The van der Waals surface area contributed by atoms with Crippen LogP contribution in [-0.4, -0.2) is 62.1 Å². The molecule has 0 saturated carbocycles. The zero-order valence-corrected chi connectivity index (χ0v) is 14.8. The Morgan fingerprint density at radius 3 is 3.09 bits per heavy atom. The summed E-state index contributed by atoms with van der Waals surface area (Å²) in [5, 5.41) is 6.34. The first-order valence-electron chi connectivity index (χ1n) is 8.12. The lowest BCUT2D eigenvalue weighted by Crippen LogP contribution is -2.39. The smallest absolute Gasteiger partial charge is 0.225 e. The van der Waals surface area contributed by atoms with Gasteiger partial charge >= 0.3 is 0 Å². The Bertz CT molecular complexity index is 490. The fourth-order valence-corrected chi connectivity index (χ4v) is 3.37. The lowest BCUT2D eigenvalue weighted by molar-refractivity contribution is -0.116. The van der Waals surface area contributed by atoms with E-state index in [1.807, 2.05) is 36.0 Å². The Kier molecular flexibility index (Phi) is 7.71. The number of nitrogens with zero attached hydrogens (tertiary/aromatic N) is 1. The Morgan fingerprint density at radius 1 is 1.48 bits per heavy atom. The molecule has 0 bridgehead atoms. The lowest BCUT2D eigenvalue weighted by Gasteiger charge is -2.22. The molecule has 1 atom stereocenters. The predicted octanol–water partition coefficient (Wildman–Crippen LogP) is 2.05. The van der Waals surface area contributed by atoms with Crippen molar-refractivity contribution >= 4 is 23.4 Å². The molecule has 0 aromatic heterocycles. The van der Waals surface area contributed by atoms with Crippen LogP contribution in [0.25, 0.3) is 0 Å². The summed E-state index contributed by atoms with van der Waals surface area (Å²) in [5.74, 6) is 2.98. The van der Waals surface area contributed by atoms with Crippen molar-refractivity contribution in [2.24, 2.45) is 0 Å². The van der Waals surface area contributed by atoms with Crippen LogP contribution in [0.1, 0.15) is 12.8 Å². The Morgan fingerprint density at radius 2 is 2.35 bits per heavy atom. The first-order valence-corrected chi connectivity index (χ1v) is 9.27. The van der Waals surface area contributed by atoms with E-state index in [0.29, 0.717) is 13.0 Å². The quantitative estimate of drug-likeness (QED) is 0.711. The highest BCUT2D eigenvalue weighted by Gasteiger charge is 2.16. The maximum atomic E-state index is 12.1. The number of nitrogens with one attached hydrogen (secondary N) is 2. The molecule has 1 amide bonds. The summed E-state index contributed by atoms with van der Waals surface area (Å²) in [6.07, 6.45) is 1.50. The van der Waals surface area contributed by atoms with Crippen molar-refractivity contribution in [2.75, 3.05) is 50.6 Å². The van der Waals surface area contributed by atoms with E-state index in [-0.39, 0.29) is 11.9 Å². The van der Waals surface area contributed by atoms with Crippen molar-refractivity contribution in [1.82, 2.24) is 10.2 Å². The normalized spacial score (nSPS) is 18.0. The van der Waals surface area contributed by atoms with Crippen molar-refractivity contribution in [2.45, 2.75) is 18.9 Å². The first kappa shape index (κ1) is 18.1. The Balaban J connectivity index is 1.76. The second-order valence-electron chi connectivity index (χ2n) is 6.01. The van der Waals surface area contributed by atoms with Crippen LogP contribution in [0.2, 0.25) is 0 Å².